The van der Waals surface area contributed by atoms with Gasteiger partial charge >= 0.3 is 7.60 Å². The second-order valence-corrected chi connectivity index (χ2v) is 13.5. The standard InChI is InChI=1S/C25H39ClN5O9P/c1-5-36-41(34,37-6-2)25(13-32,14-33)35-12-17-18-19(40-24(3,4)39-18)22(38-17)31-21-16(11-27-31)20(29-23(26)30-21)28-15-9-7-8-10-15/h11,15,17-19,22,32-33H,5-10,12-14H2,1-4H3,(H,28,29,30)/t17-,18-,19-,22-/m1/s1. The minimum Gasteiger partial charge on any atom is -0.393 e. The predicted octanol–water partition coefficient (Wildman–Crippen LogP) is 3.22. The third-order valence-electron chi connectivity index (χ3n) is 7.60. The summed E-state index contributed by atoms with van der Waals surface area (Å²) in [7, 11) is -4.10. The first-order valence-corrected chi connectivity index (χ1v) is 15.9. The molecule has 4 heterocycles. The van der Waals surface area contributed by atoms with Crippen LogP contribution in [0.2, 0.25) is 5.28 Å². The number of hydrogen-bond donors (Lipinski definition) is 3. The van der Waals surface area contributed by atoms with Gasteiger partial charge in [0.1, 0.15) is 24.1 Å². The minimum atomic E-state index is -4.10. The van der Waals surface area contributed by atoms with Crippen LogP contribution in [-0.4, -0.2) is 98.5 Å². The molecule has 3 N–H and O–H groups in total. The van der Waals surface area contributed by atoms with Gasteiger partial charge in [0.05, 0.1) is 44.6 Å². The lowest BCUT2D eigenvalue weighted by molar-refractivity contribution is -0.208. The van der Waals surface area contributed by atoms with Crippen LogP contribution in [0.25, 0.3) is 11.0 Å². The number of aliphatic hydroxyl groups excluding tert-OH is 2. The zero-order chi connectivity index (χ0) is 29.4. The molecule has 2 saturated heterocycles. The van der Waals surface area contributed by atoms with E-state index >= 15 is 0 Å². The Hall–Kier alpha value is -1.45. The summed E-state index contributed by atoms with van der Waals surface area (Å²) in [5, 5.41) is 27.2. The molecule has 0 amide bonds. The monoisotopic (exact) mass is 619 g/mol. The molecule has 16 heteroatoms. The Morgan fingerprint density at radius 1 is 1.15 bits per heavy atom. The maximum absolute atomic E-state index is 13.6. The molecule has 2 aliphatic heterocycles. The van der Waals surface area contributed by atoms with Crippen molar-refractivity contribution in [3.63, 3.8) is 0 Å². The van der Waals surface area contributed by atoms with Crippen molar-refractivity contribution in [1.82, 2.24) is 19.7 Å². The average molecular weight is 620 g/mol. The van der Waals surface area contributed by atoms with Gasteiger partial charge in [-0.25, -0.2) is 4.68 Å². The molecule has 2 aromatic rings. The number of aromatic nitrogens is 4. The van der Waals surface area contributed by atoms with Gasteiger partial charge in [0.15, 0.2) is 17.7 Å². The quantitative estimate of drug-likeness (QED) is 0.221. The summed E-state index contributed by atoms with van der Waals surface area (Å²) in [5.41, 5.74) is 0.460. The summed E-state index contributed by atoms with van der Waals surface area (Å²) in [6.07, 6.45) is 3.28. The van der Waals surface area contributed by atoms with Crippen molar-refractivity contribution in [3.8, 4) is 0 Å². The zero-order valence-corrected chi connectivity index (χ0v) is 25.3. The third kappa shape index (κ3) is 5.88. The van der Waals surface area contributed by atoms with Gasteiger partial charge in [0.2, 0.25) is 10.6 Å². The Morgan fingerprint density at radius 2 is 1.80 bits per heavy atom. The first-order chi connectivity index (χ1) is 19.6. The van der Waals surface area contributed by atoms with Crippen LogP contribution >= 0.6 is 19.2 Å². The lowest BCUT2D eigenvalue weighted by Crippen LogP contribution is -2.45. The van der Waals surface area contributed by atoms with E-state index in [9.17, 15) is 14.8 Å². The Balaban J connectivity index is 1.43. The second-order valence-electron chi connectivity index (χ2n) is 10.8. The Kier molecular flexibility index (Phi) is 9.28. The molecule has 1 aliphatic carbocycles. The molecule has 5 rings (SSSR count). The number of nitrogens with one attached hydrogen (secondary N) is 1. The number of halogens is 1. The van der Waals surface area contributed by atoms with Crippen LogP contribution in [0.1, 0.15) is 59.6 Å². The maximum Gasteiger partial charge on any atom is 0.367 e. The Morgan fingerprint density at radius 3 is 2.44 bits per heavy atom. The van der Waals surface area contributed by atoms with Gasteiger partial charge in [-0.05, 0) is 52.1 Å². The highest BCUT2D eigenvalue weighted by Crippen LogP contribution is 2.60. The van der Waals surface area contributed by atoms with Gasteiger partial charge in [-0.2, -0.15) is 15.1 Å². The van der Waals surface area contributed by atoms with E-state index in [1.54, 1.807) is 38.6 Å². The lowest BCUT2D eigenvalue weighted by atomic mass is 10.1. The summed E-state index contributed by atoms with van der Waals surface area (Å²) < 4.78 is 50.7. The Bertz CT molecular complexity index is 1250. The number of anilines is 1. The van der Waals surface area contributed by atoms with E-state index in [0.29, 0.717) is 22.9 Å². The van der Waals surface area contributed by atoms with E-state index in [1.807, 2.05) is 0 Å². The molecule has 14 nitrogen and oxygen atoms in total. The van der Waals surface area contributed by atoms with Crippen LogP contribution in [0.15, 0.2) is 6.20 Å². The van der Waals surface area contributed by atoms with Gasteiger partial charge in [-0.3, -0.25) is 4.57 Å². The smallest absolute Gasteiger partial charge is 0.367 e. The van der Waals surface area contributed by atoms with Gasteiger partial charge < -0.3 is 43.5 Å². The normalized spacial score (nSPS) is 26.7. The molecule has 0 radical (unpaired) electrons. The van der Waals surface area contributed by atoms with E-state index in [1.165, 1.54) is 0 Å². The molecular weight excluding hydrogens is 581 g/mol. The lowest BCUT2D eigenvalue weighted by Gasteiger charge is -2.36. The van der Waals surface area contributed by atoms with E-state index in [-0.39, 0.29) is 25.1 Å². The van der Waals surface area contributed by atoms with Gasteiger partial charge in [0, 0.05) is 6.04 Å². The number of nitrogens with zero attached hydrogens (tertiary/aromatic N) is 4. The van der Waals surface area contributed by atoms with Crippen molar-refractivity contribution >= 4 is 36.0 Å². The first-order valence-electron chi connectivity index (χ1n) is 14.0. The molecule has 3 fully saturated rings. The van der Waals surface area contributed by atoms with Crippen LogP contribution < -0.4 is 5.32 Å². The van der Waals surface area contributed by atoms with E-state index < -0.39 is 56.5 Å². The van der Waals surface area contributed by atoms with Crippen LogP contribution in [0.3, 0.4) is 0 Å². The predicted molar refractivity (Wildman–Crippen MR) is 148 cm³/mol. The van der Waals surface area contributed by atoms with Gasteiger partial charge in [0.25, 0.3) is 0 Å². The average Bonchev–Trinajstić information content (AvgIpc) is 3.70. The highest BCUT2D eigenvalue weighted by Gasteiger charge is 2.58. The fourth-order valence-corrected chi connectivity index (χ4v) is 7.66. The summed E-state index contributed by atoms with van der Waals surface area (Å²) in [6, 6.07) is 0.302. The van der Waals surface area contributed by atoms with Crippen LogP contribution in [0.4, 0.5) is 5.82 Å². The number of ether oxygens (including phenoxy) is 4. The summed E-state index contributed by atoms with van der Waals surface area (Å²) >= 11 is 6.34. The number of aliphatic hydroxyl groups is 2. The second kappa shape index (κ2) is 12.3. The van der Waals surface area contributed by atoms with Crippen molar-refractivity contribution in [2.45, 2.75) is 95.1 Å². The van der Waals surface area contributed by atoms with Crippen LogP contribution in [0, 0.1) is 0 Å². The maximum atomic E-state index is 13.6. The molecule has 4 atom stereocenters. The molecule has 0 unspecified atom stereocenters. The summed E-state index contributed by atoms with van der Waals surface area (Å²) in [6.45, 7) is 5.02. The van der Waals surface area contributed by atoms with Crippen molar-refractivity contribution in [2.75, 3.05) is 38.4 Å². The molecule has 2 aromatic heterocycles. The number of hydrogen-bond acceptors (Lipinski definition) is 13. The molecule has 1 saturated carbocycles. The fraction of sp³-hybridized carbons (Fsp3) is 0.800. The first kappa shape index (κ1) is 31.0. The van der Waals surface area contributed by atoms with Crippen molar-refractivity contribution in [2.24, 2.45) is 0 Å². The molecule has 3 aliphatic rings. The van der Waals surface area contributed by atoms with Crippen LogP contribution in [-0.2, 0) is 32.6 Å². The summed E-state index contributed by atoms with van der Waals surface area (Å²) in [4.78, 5) is 8.86. The molecule has 230 valence electrons. The topological polar surface area (TPSA) is 169 Å². The van der Waals surface area contributed by atoms with E-state index in [2.05, 4.69) is 20.4 Å². The van der Waals surface area contributed by atoms with Crippen molar-refractivity contribution in [1.29, 1.82) is 0 Å². The largest absolute Gasteiger partial charge is 0.393 e. The zero-order valence-electron chi connectivity index (χ0n) is 23.7. The van der Waals surface area contributed by atoms with Crippen molar-refractivity contribution < 1.29 is 42.8 Å². The van der Waals surface area contributed by atoms with E-state index in [4.69, 9.17) is 39.6 Å². The molecule has 0 bridgehead atoms. The SMILES string of the molecule is CCOP(=O)(OCC)C(CO)(CO)OC[C@H]1O[C@@H](n2ncc3c(NC4CCCC4)nc(Cl)nc32)[C@@H]2OC(C)(C)O[C@@H]21. The molecular formula is C25H39ClN5O9P. The molecule has 0 aromatic carbocycles. The number of fused-ring (bicyclic) bond motifs is 2. The highest BCUT2D eigenvalue weighted by atomic mass is 35.5. The van der Waals surface area contributed by atoms with Gasteiger partial charge in [-0.15, -0.1) is 0 Å². The van der Waals surface area contributed by atoms with Crippen LogP contribution in [0.5, 0.6) is 0 Å². The van der Waals surface area contributed by atoms with Gasteiger partial charge in [-0.1, -0.05) is 12.8 Å². The summed E-state index contributed by atoms with van der Waals surface area (Å²) in [5.74, 6) is -0.341. The van der Waals surface area contributed by atoms with Crippen molar-refractivity contribution in [3.05, 3.63) is 11.5 Å². The number of rotatable bonds is 13. The molecule has 0 spiro atoms. The minimum absolute atomic E-state index is 0.0224. The Labute approximate surface area is 243 Å². The highest BCUT2D eigenvalue weighted by molar-refractivity contribution is 7.55. The fourth-order valence-electron chi connectivity index (χ4n) is 5.69. The third-order valence-corrected chi connectivity index (χ3v) is 10.4. The van der Waals surface area contributed by atoms with E-state index in [0.717, 1.165) is 25.7 Å². The molecule has 41 heavy (non-hydrogen) atoms.